The molecule has 1 amide bonds. The molecule has 1 spiro atoms. The minimum atomic E-state index is -5.08. The molecule has 3 rings (SSSR count). The van der Waals surface area contributed by atoms with Crippen molar-refractivity contribution in [1.29, 1.82) is 0 Å². The van der Waals surface area contributed by atoms with Crippen molar-refractivity contribution in [1.82, 2.24) is 14.8 Å². The lowest BCUT2D eigenvalue weighted by molar-refractivity contribution is -0.193. The van der Waals surface area contributed by atoms with Crippen LogP contribution in [0.4, 0.5) is 30.7 Å². The number of carbonyl (C=O) groups excluding carboxylic acids is 1. The number of pyridine rings is 1. The molecule has 2 aliphatic heterocycles. The molecular formula is C21H26F7N3O7. The number of likely N-dealkylation sites (N-methyl/N-ethyl adjacent to an activating group) is 1. The van der Waals surface area contributed by atoms with Crippen LogP contribution in [0.3, 0.4) is 0 Å². The van der Waals surface area contributed by atoms with Crippen molar-refractivity contribution in [2.75, 3.05) is 40.3 Å². The molecule has 10 nitrogen and oxygen atoms in total. The Hall–Kier alpha value is -3.21. The van der Waals surface area contributed by atoms with Gasteiger partial charge in [0.25, 0.3) is 5.88 Å². The summed E-state index contributed by atoms with van der Waals surface area (Å²) in [5.74, 6) is -5.79. The minimum absolute atomic E-state index is 0.0294. The van der Waals surface area contributed by atoms with Crippen molar-refractivity contribution < 1.29 is 64.8 Å². The Bertz CT molecular complexity index is 926. The number of alkyl halides is 6. The molecule has 1 atom stereocenters. The van der Waals surface area contributed by atoms with Crippen LogP contribution in [0.5, 0.6) is 5.88 Å². The van der Waals surface area contributed by atoms with E-state index in [1.54, 1.807) is 0 Å². The first-order valence-corrected chi connectivity index (χ1v) is 10.8. The van der Waals surface area contributed by atoms with Gasteiger partial charge in [0.15, 0.2) is 5.82 Å². The van der Waals surface area contributed by atoms with Crippen LogP contribution < -0.4 is 4.74 Å². The van der Waals surface area contributed by atoms with Crippen LogP contribution in [0.15, 0.2) is 18.3 Å². The monoisotopic (exact) mass is 565 g/mol. The number of carboxylic acid groups (broad SMARTS) is 2. The molecule has 0 aliphatic carbocycles. The molecule has 1 unspecified atom stereocenters. The second kappa shape index (κ2) is 13.5. The highest BCUT2D eigenvalue weighted by molar-refractivity contribution is 5.78. The quantitative estimate of drug-likeness (QED) is 0.530. The van der Waals surface area contributed by atoms with Crippen molar-refractivity contribution in [3.8, 4) is 5.88 Å². The molecule has 1 aromatic rings. The van der Waals surface area contributed by atoms with Gasteiger partial charge in [0.05, 0.1) is 18.8 Å². The Labute approximate surface area is 211 Å². The van der Waals surface area contributed by atoms with Crippen LogP contribution in [0, 0.1) is 5.82 Å². The third-order valence-electron chi connectivity index (χ3n) is 5.14. The summed E-state index contributed by atoms with van der Waals surface area (Å²) in [6.07, 6.45) is -6.57. The highest BCUT2D eigenvalue weighted by atomic mass is 19.4. The number of aliphatic carboxylic acids is 2. The van der Waals surface area contributed by atoms with Gasteiger partial charge in [0, 0.05) is 25.7 Å². The predicted molar refractivity (Wildman–Crippen MR) is 114 cm³/mol. The summed E-state index contributed by atoms with van der Waals surface area (Å²) in [7, 11) is 3.78. The van der Waals surface area contributed by atoms with E-state index in [9.17, 15) is 35.5 Å². The second-order valence-electron chi connectivity index (χ2n) is 8.45. The number of nitrogens with zero attached hydrogens (tertiary/aromatic N) is 3. The molecule has 38 heavy (non-hydrogen) atoms. The summed E-state index contributed by atoms with van der Waals surface area (Å²) in [5, 5.41) is 14.2. The van der Waals surface area contributed by atoms with Crippen LogP contribution in [0.1, 0.15) is 19.3 Å². The van der Waals surface area contributed by atoms with Gasteiger partial charge >= 0.3 is 24.3 Å². The molecule has 2 saturated heterocycles. The van der Waals surface area contributed by atoms with Crippen LogP contribution in [0.25, 0.3) is 0 Å². The average Bonchev–Trinajstić information content (AvgIpc) is 3.16. The van der Waals surface area contributed by atoms with Crippen LogP contribution in [0.2, 0.25) is 0 Å². The standard InChI is InChI=1S/C17H24FN3O3.2C2HF3O2/c1-20(2)11-15(22)21-8-5-17(6-9-21)10-13(12-23-17)24-16-14(18)4-3-7-19-16;2*3-2(4,5)1(6)7/h3-4,7,13H,5-6,8-12H2,1-2H3;2*(H,6,7). The number of carboxylic acids is 2. The number of rotatable bonds is 4. The van der Waals surface area contributed by atoms with E-state index in [1.807, 2.05) is 23.9 Å². The van der Waals surface area contributed by atoms with Crippen LogP contribution in [-0.2, 0) is 19.1 Å². The average molecular weight is 565 g/mol. The Balaban J connectivity index is 0.000000426. The van der Waals surface area contributed by atoms with Gasteiger partial charge in [-0.1, -0.05) is 0 Å². The van der Waals surface area contributed by atoms with E-state index < -0.39 is 30.1 Å². The van der Waals surface area contributed by atoms with Crippen molar-refractivity contribution in [2.45, 2.75) is 43.3 Å². The smallest absolute Gasteiger partial charge is 0.475 e. The second-order valence-corrected chi connectivity index (χ2v) is 8.45. The normalized spacial score (nSPS) is 18.7. The number of ether oxygens (including phenoxy) is 2. The van der Waals surface area contributed by atoms with Crippen molar-refractivity contribution in [2.24, 2.45) is 0 Å². The van der Waals surface area contributed by atoms with Gasteiger partial charge < -0.3 is 29.5 Å². The lowest BCUT2D eigenvalue weighted by Crippen LogP contribution is -2.48. The fraction of sp³-hybridized carbons (Fsp3) is 0.619. The number of hydrogen-bond donors (Lipinski definition) is 2. The molecule has 0 radical (unpaired) electrons. The van der Waals surface area contributed by atoms with Gasteiger partial charge in [-0.15, -0.1) is 0 Å². The van der Waals surface area contributed by atoms with Gasteiger partial charge in [0.2, 0.25) is 5.91 Å². The SMILES string of the molecule is CN(C)CC(=O)N1CCC2(CC1)CC(Oc1ncccc1F)CO2.O=C(O)C(F)(F)F.O=C(O)C(F)(F)F. The van der Waals surface area contributed by atoms with E-state index in [1.165, 1.54) is 18.3 Å². The van der Waals surface area contributed by atoms with E-state index in [0.29, 0.717) is 32.7 Å². The lowest BCUT2D eigenvalue weighted by Gasteiger charge is -2.38. The number of piperidine rings is 1. The first-order valence-electron chi connectivity index (χ1n) is 10.8. The van der Waals surface area contributed by atoms with Gasteiger partial charge in [0.1, 0.15) is 6.10 Å². The Morgan fingerprint density at radius 1 is 1.11 bits per heavy atom. The number of aromatic nitrogens is 1. The zero-order chi connectivity index (χ0) is 29.3. The molecule has 2 fully saturated rings. The van der Waals surface area contributed by atoms with E-state index in [4.69, 9.17) is 29.3 Å². The summed E-state index contributed by atoms with van der Waals surface area (Å²) < 4.78 is 88.8. The minimum Gasteiger partial charge on any atom is -0.475 e. The van der Waals surface area contributed by atoms with E-state index in [-0.39, 0.29) is 23.5 Å². The number of amides is 1. The first-order chi connectivity index (χ1) is 17.4. The Morgan fingerprint density at radius 3 is 2.03 bits per heavy atom. The van der Waals surface area contributed by atoms with Crippen molar-refractivity contribution in [3.05, 3.63) is 24.1 Å². The van der Waals surface area contributed by atoms with E-state index >= 15 is 0 Å². The zero-order valence-corrected chi connectivity index (χ0v) is 20.2. The topological polar surface area (TPSA) is 130 Å². The molecular weight excluding hydrogens is 539 g/mol. The van der Waals surface area contributed by atoms with E-state index in [0.717, 1.165) is 12.8 Å². The summed E-state index contributed by atoms with van der Waals surface area (Å²) in [6, 6.07) is 2.87. The highest BCUT2D eigenvalue weighted by Crippen LogP contribution is 2.37. The predicted octanol–water partition coefficient (Wildman–Crippen LogP) is 2.58. The fourth-order valence-electron chi connectivity index (χ4n) is 3.38. The maximum atomic E-state index is 13.6. The van der Waals surface area contributed by atoms with Gasteiger partial charge in [-0.2, -0.15) is 26.3 Å². The lowest BCUT2D eigenvalue weighted by atomic mass is 9.88. The molecule has 17 heteroatoms. The van der Waals surface area contributed by atoms with Crippen molar-refractivity contribution in [3.63, 3.8) is 0 Å². The van der Waals surface area contributed by atoms with Gasteiger partial charge in [-0.25, -0.2) is 19.0 Å². The molecule has 0 saturated carbocycles. The largest absolute Gasteiger partial charge is 0.490 e. The summed E-state index contributed by atoms with van der Waals surface area (Å²) >= 11 is 0. The zero-order valence-electron chi connectivity index (χ0n) is 20.2. The number of hydrogen-bond acceptors (Lipinski definition) is 7. The maximum Gasteiger partial charge on any atom is 0.490 e. The first kappa shape index (κ1) is 32.8. The van der Waals surface area contributed by atoms with Gasteiger partial charge in [-0.05, 0) is 39.1 Å². The Kier molecular flexibility index (Phi) is 11.7. The molecule has 1 aromatic heterocycles. The van der Waals surface area contributed by atoms with Crippen LogP contribution in [-0.4, -0.2) is 107 Å². The van der Waals surface area contributed by atoms with Gasteiger partial charge in [-0.3, -0.25) is 4.79 Å². The molecule has 216 valence electrons. The number of likely N-dealkylation sites (tertiary alicyclic amines) is 1. The number of carbonyl (C=O) groups is 3. The third kappa shape index (κ3) is 11.0. The van der Waals surface area contributed by atoms with E-state index in [2.05, 4.69) is 4.98 Å². The molecule has 2 aliphatic rings. The summed E-state index contributed by atoms with van der Waals surface area (Å²) in [6.45, 7) is 2.24. The molecule has 2 N–H and O–H groups in total. The van der Waals surface area contributed by atoms with Crippen molar-refractivity contribution >= 4 is 17.8 Å². The summed E-state index contributed by atoms with van der Waals surface area (Å²) in [5.41, 5.74) is -0.259. The molecule has 0 bridgehead atoms. The highest BCUT2D eigenvalue weighted by Gasteiger charge is 2.44. The fourth-order valence-corrected chi connectivity index (χ4v) is 3.38. The number of halogens is 7. The molecule has 0 aromatic carbocycles. The van der Waals surface area contributed by atoms with Crippen LogP contribution >= 0.6 is 0 Å². The summed E-state index contributed by atoms with van der Waals surface area (Å²) in [4.78, 5) is 37.6. The third-order valence-corrected chi connectivity index (χ3v) is 5.14. The Morgan fingerprint density at radius 2 is 1.61 bits per heavy atom. The maximum absolute atomic E-state index is 13.6. The molecule has 3 heterocycles.